The molecule has 7 nitrogen and oxygen atoms in total. The monoisotopic (exact) mass is 330 g/mol. The fraction of sp³-hybridized carbons (Fsp3) is 0.500. The summed E-state index contributed by atoms with van der Waals surface area (Å²) in [5.41, 5.74) is 0. The summed E-state index contributed by atoms with van der Waals surface area (Å²) in [5.74, 6) is 0.172. The molecule has 2 N–H and O–H groups in total. The Hall–Kier alpha value is -1.80. The number of benzene rings is 1. The van der Waals surface area contributed by atoms with Crippen LogP contribution in [0.5, 0.6) is 11.5 Å². The number of ether oxygens (including phenoxy) is 2. The van der Waals surface area contributed by atoms with Crippen LogP contribution in [-0.2, 0) is 14.8 Å². The third kappa shape index (κ3) is 4.60. The van der Waals surface area contributed by atoms with Crippen LogP contribution in [0.1, 0.15) is 20.3 Å². The van der Waals surface area contributed by atoms with Crippen LogP contribution < -0.4 is 19.5 Å². The summed E-state index contributed by atoms with van der Waals surface area (Å²) >= 11 is 0. The summed E-state index contributed by atoms with van der Waals surface area (Å²) < 4.78 is 37.3. The van der Waals surface area contributed by atoms with E-state index in [2.05, 4.69) is 10.0 Å². The van der Waals surface area contributed by atoms with Crippen molar-refractivity contribution in [1.82, 2.24) is 10.0 Å². The van der Waals surface area contributed by atoms with Crippen molar-refractivity contribution >= 4 is 15.9 Å². The number of hydrogen-bond acceptors (Lipinski definition) is 5. The SMILES string of the molecule is CCCNC(=O)[C@H](C)NS(=O)(=O)c1cc(OC)ccc1OC. The Morgan fingerprint density at radius 2 is 1.95 bits per heavy atom. The molecular formula is C14H22N2O5S. The largest absolute Gasteiger partial charge is 0.497 e. The highest BCUT2D eigenvalue weighted by Crippen LogP contribution is 2.28. The predicted molar refractivity (Wildman–Crippen MR) is 82.6 cm³/mol. The molecule has 1 atom stereocenters. The number of rotatable bonds is 8. The van der Waals surface area contributed by atoms with Crippen LogP contribution in [0.2, 0.25) is 0 Å². The van der Waals surface area contributed by atoms with Crippen LogP contribution in [0.3, 0.4) is 0 Å². The zero-order valence-corrected chi connectivity index (χ0v) is 14.0. The lowest BCUT2D eigenvalue weighted by molar-refractivity contribution is -0.122. The zero-order valence-electron chi connectivity index (χ0n) is 13.2. The van der Waals surface area contributed by atoms with Crippen LogP contribution in [0, 0.1) is 0 Å². The van der Waals surface area contributed by atoms with Gasteiger partial charge in [-0.15, -0.1) is 0 Å². The van der Waals surface area contributed by atoms with Gasteiger partial charge in [0, 0.05) is 12.6 Å². The molecular weight excluding hydrogens is 308 g/mol. The van der Waals surface area contributed by atoms with Gasteiger partial charge in [0.25, 0.3) is 0 Å². The molecule has 1 aromatic rings. The molecule has 0 aliphatic carbocycles. The minimum Gasteiger partial charge on any atom is -0.497 e. The lowest BCUT2D eigenvalue weighted by Crippen LogP contribution is -2.44. The molecule has 8 heteroatoms. The normalized spacial score (nSPS) is 12.5. The van der Waals surface area contributed by atoms with Crippen molar-refractivity contribution in [2.45, 2.75) is 31.2 Å². The first-order valence-corrected chi connectivity index (χ1v) is 8.36. The van der Waals surface area contributed by atoms with E-state index in [0.29, 0.717) is 12.3 Å². The van der Waals surface area contributed by atoms with Crippen LogP contribution in [0.15, 0.2) is 23.1 Å². The van der Waals surface area contributed by atoms with E-state index in [-0.39, 0.29) is 16.6 Å². The Morgan fingerprint density at radius 1 is 1.27 bits per heavy atom. The maximum atomic E-state index is 12.4. The highest BCUT2D eigenvalue weighted by Gasteiger charge is 2.25. The average Bonchev–Trinajstić information content (AvgIpc) is 2.51. The molecule has 0 spiro atoms. The average molecular weight is 330 g/mol. The Morgan fingerprint density at radius 3 is 2.50 bits per heavy atom. The van der Waals surface area contributed by atoms with E-state index in [0.717, 1.165) is 6.42 Å². The van der Waals surface area contributed by atoms with Gasteiger partial charge in [-0.05, 0) is 25.5 Å². The number of carbonyl (C=O) groups is 1. The summed E-state index contributed by atoms with van der Waals surface area (Å²) in [7, 11) is -1.11. The molecule has 0 saturated carbocycles. The second kappa shape index (κ2) is 8.00. The number of methoxy groups -OCH3 is 2. The summed E-state index contributed by atoms with van der Waals surface area (Å²) in [6, 6.07) is 3.54. The van der Waals surface area contributed by atoms with Gasteiger partial charge in [0.15, 0.2) is 0 Å². The molecule has 0 fully saturated rings. The molecule has 22 heavy (non-hydrogen) atoms. The summed E-state index contributed by atoms with van der Waals surface area (Å²) in [6.45, 7) is 3.89. The van der Waals surface area contributed by atoms with Gasteiger partial charge in [0.2, 0.25) is 15.9 Å². The van der Waals surface area contributed by atoms with Gasteiger partial charge >= 0.3 is 0 Å². The lowest BCUT2D eigenvalue weighted by atomic mass is 10.3. The molecule has 0 unspecified atom stereocenters. The molecule has 0 aliphatic heterocycles. The van der Waals surface area contributed by atoms with Crippen molar-refractivity contribution in [2.75, 3.05) is 20.8 Å². The van der Waals surface area contributed by atoms with E-state index >= 15 is 0 Å². The topological polar surface area (TPSA) is 93.7 Å². The summed E-state index contributed by atoms with van der Waals surface area (Å²) in [5, 5.41) is 2.64. The number of sulfonamides is 1. The van der Waals surface area contributed by atoms with E-state index in [1.165, 1.54) is 33.3 Å². The van der Waals surface area contributed by atoms with E-state index in [1.807, 2.05) is 6.92 Å². The fourth-order valence-electron chi connectivity index (χ4n) is 1.75. The molecule has 0 bridgehead atoms. The van der Waals surface area contributed by atoms with Gasteiger partial charge in [-0.25, -0.2) is 8.42 Å². The number of carbonyl (C=O) groups excluding carboxylic acids is 1. The third-order valence-corrected chi connectivity index (χ3v) is 4.50. The van der Waals surface area contributed by atoms with Gasteiger partial charge in [0.1, 0.15) is 16.4 Å². The first kappa shape index (κ1) is 18.2. The molecule has 1 amide bonds. The van der Waals surface area contributed by atoms with Crippen molar-refractivity contribution in [3.63, 3.8) is 0 Å². The van der Waals surface area contributed by atoms with E-state index < -0.39 is 16.1 Å². The first-order valence-electron chi connectivity index (χ1n) is 6.87. The van der Waals surface area contributed by atoms with Crippen molar-refractivity contribution in [1.29, 1.82) is 0 Å². The Labute approximate surface area is 131 Å². The fourth-order valence-corrected chi connectivity index (χ4v) is 3.13. The minimum atomic E-state index is -3.92. The van der Waals surface area contributed by atoms with Gasteiger partial charge in [-0.3, -0.25) is 4.79 Å². The van der Waals surface area contributed by atoms with E-state index in [4.69, 9.17) is 9.47 Å². The van der Waals surface area contributed by atoms with Crippen LogP contribution in [0.25, 0.3) is 0 Å². The smallest absolute Gasteiger partial charge is 0.245 e. The van der Waals surface area contributed by atoms with Gasteiger partial charge < -0.3 is 14.8 Å². The van der Waals surface area contributed by atoms with Crippen molar-refractivity contribution in [2.24, 2.45) is 0 Å². The van der Waals surface area contributed by atoms with Gasteiger partial charge in [0.05, 0.1) is 20.3 Å². The molecule has 0 aromatic heterocycles. The quantitative estimate of drug-likeness (QED) is 0.738. The maximum Gasteiger partial charge on any atom is 0.245 e. The molecule has 1 aromatic carbocycles. The zero-order chi connectivity index (χ0) is 16.8. The van der Waals surface area contributed by atoms with Crippen molar-refractivity contribution < 1.29 is 22.7 Å². The highest BCUT2D eigenvalue weighted by atomic mass is 32.2. The van der Waals surface area contributed by atoms with Crippen LogP contribution in [-0.4, -0.2) is 41.1 Å². The number of hydrogen-bond donors (Lipinski definition) is 2. The minimum absolute atomic E-state index is 0.0792. The third-order valence-electron chi connectivity index (χ3n) is 2.93. The maximum absolute atomic E-state index is 12.4. The van der Waals surface area contributed by atoms with E-state index in [1.54, 1.807) is 6.07 Å². The van der Waals surface area contributed by atoms with Crippen LogP contribution in [0.4, 0.5) is 0 Å². The summed E-state index contributed by atoms with van der Waals surface area (Å²) in [4.78, 5) is 11.7. The molecule has 124 valence electrons. The lowest BCUT2D eigenvalue weighted by Gasteiger charge is -2.16. The van der Waals surface area contributed by atoms with E-state index in [9.17, 15) is 13.2 Å². The molecule has 0 saturated heterocycles. The van der Waals surface area contributed by atoms with Crippen LogP contribution >= 0.6 is 0 Å². The predicted octanol–water partition coefficient (Wildman–Crippen LogP) is 0.897. The highest BCUT2D eigenvalue weighted by molar-refractivity contribution is 7.89. The second-order valence-electron chi connectivity index (χ2n) is 4.65. The Kier molecular flexibility index (Phi) is 6.63. The molecule has 0 heterocycles. The number of nitrogens with one attached hydrogen (secondary N) is 2. The van der Waals surface area contributed by atoms with Crippen molar-refractivity contribution in [3.05, 3.63) is 18.2 Å². The number of amides is 1. The van der Waals surface area contributed by atoms with Gasteiger partial charge in [-0.1, -0.05) is 6.92 Å². The molecule has 1 rings (SSSR count). The molecule has 0 radical (unpaired) electrons. The first-order chi connectivity index (χ1) is 10.4. The molecule has 0 aliphatic rings. The Bertz CT molecular complexity index is 616. The standard InChI is InChI=1S/C14H22N2O5S/c1-5-8-15-14(17)10(2)16-22(18,19)13-9-11(20-3)6-7-12(13)21-4/h6-7,9-10,16H,5,8H2,1-4H3,(H,15,17)/t10-/m0/s1. The van der Waals surface area contributed by atoms with Crippen molar-refractivity contribution in [3.8, 4) is 11.5 Å². The Balaban J connectivity index is 3.01. The second-order valence-corrected chi connectivity index (χ2v) is 6.33. The summed E-state index contributed by atoms with van der Waals surface area (Å²) in [6.07, 6.45) is 0.773. The van der Waals surface area contributed by atoms with Gasteiger partial charge in [-0.2, -0.15) is 4.72 Å².